The van der Waals surface area contributed by atoms with Gasteiger partial charge in [0, 0.05) is 12.1 Å². The van der Waals surface area contributed by atoms with Crippen LogP contribution < -0.4 is 14.2 Å². The highest BCUT2D eigenvalue weighted by Gasteiger charge is 2.46. The highest BCUT2D eigenvalue weighted by Crippen LogP contribution is 2.43. The molecule has 0 radical (unpaired) electrons. The van der Waals surface area contributed by atoms with E-state index in [1.54, 1.807) is 30.3 Å². The van der Waals surface area contributed by atoms with E-state index in [9.17, 15) is 27.9 Å². The molecule has 0 aromatic heterocycles. The van der Waals surface area contributed by atoms with Crippen molar-refractivity contribution in [1.82, 2.24) is 4.90 Å². The van der Waals surface area contributed by atoms with Crippen LogP contribution in [0.3, 0.4) is 0 Å². The standard InChI is InChI=1S/C27H20F3NO6/c1-35-19-7-3-5-16(11-19)23-22(24(32)17-8-9-20-21(12-17)37-14-36-20)25(33)26(34)31(23)13-15-4-2-6-18(10-15)27(28,29)30/h2-12,23,32H,13-14H2,1H3/b24-22-. The summed E-state index contributed by atoms with van der Waals surface area (Å²) in [4.78, 5) is 27.6. The van der Waals surface area contributed by atoms with Crippen molar-refractivity contribution in [3.63, 3.8) is 0 Å². The van der Waals surface area contributed by atoms with E-state index in [0.29, 0.717) is 22.8 Å². The Morgan fingerprint density at radius 1 is 1.03 bits per heavy atom. The molecule has 37 heavy (non-hydrogen) atoms. The number of alkyl halides is 3. The Morgan fingerprint density at radius 2 is 1.78 bits per heavy atom. The number of hydrogen-bond donors (Lipinski definition) is 1. The number of amides is 1. The summed E-state index contributed by atoms with van der Waals surface area (Å²) in [5.74, 6) is -1.10. The van der Waals surface area contributed by atoms with Gasteiger partial charge in [-0.2, -0.15) is 13.2 Å². The highest BCUT2D eigenvalue weighted by molar-refractivity contribution is 6.46. The van der Waals surface area contributed by atoms with Gasteiger partial charge in [0.05, 0.1) is 24.3 Å². The maximum Gasteiger partial charge on any atom is 0.416 e. The van der Waals surface area contributed by atoms with E-state index in [4.69, 9.17) is 14.2 Å². The van der Waals surface area contributed by atoms with E-state index in [1.807, 2.05) is 0 Å². The number of ether oxygens (including phenoxy) is 3. The van der Waals surface area contributed by atoms with Gasteiger partial charge in [-0.3, -0.25) is 9.59 Å². The number of nitrogens with zero attached hydrogens (tertiary/aromatic N) is 1. The number of aliphatic hydroxyl groups is 1. The van der Waals surface area contributed by atoms with Gasteiger partial charge in [-0.1, -0.05) is 24.3 Å². The van der Waals surface area contributed by atoms with Crippen molar-refractivity contribution in [3.8, 4) is 17.2 Å². The van der Waals surface area contributed by atoms with Crippen LogP contribution >= 0.6 is 0 Å². The predicted molar refractivity (Wildman–Crippen MR) is 125 cm³/mol. The van der Waals surface area contributed by atoms with Gasteiger partial charge < -0.3 is 24.2 Å². The fraction of sp³-hybridized carbons (Fsp3) is 0.185. The molecule has 190 valence electrons. The Hall–Kier alpha value is -4.47. The van der Waals surface area contributed by atoms with E-state index in [0.717, 1.165) is 17.0 Å². The molecule has 0 saturated carbocycles. The quantitative estimate of drug-likeness (QED) is 0.293. The van der Waals surface area contributed by atoms with Gasteiger partial charge in [0.25, 0.3) is 11.7 Å². The molecule has 10 heteroatoms. The predicted octanol–water partition coefficient (Wildman–Crippen LogP) is 5.06. The number of fused-ring (bicyclic) bond motifs is 1. The Bertz CT molecular complexity index is 1430. The van der Waals surface area contributed by atoms with Crippen molar-refractivity contribution in [3.05, 3.63) is 94.6 Å². The normalized spacial score (nSPS) is 18.4. The Morgan fingerprint density at radius 3 is 2.54 bits per heavy atom. The second kappa shape index (κ2) is 9.20. The number of methoxy groups -OCH3 is 1. The topological polar surface area (TPSA) is 85.3 Å². The molecule has 0 spiro atoms. The zero-order chi connectivity index (χ0) is 26.3. The lowest BCUT2D eigenvalue weighted by Gasteiger charge is -2.26. The summed E-state index contributed by atoms with van der Waals surface area (Å²) in [7, 11) is 1.45. The number of aliphatic hydroxyl groups excluding tert-OH is 1. The van der Waals surface area contributed by atoms with Gasteiger partial charge in [0.15, 0.2) is 11.5 Å². The Balaban J connectivity index is 1.63. The third-order valence-electron chi connectivity index (χ3n) is 6.20. The van der Waals surface area contributed by atoms with Crippen molar-refractivity contribution in [2.24, 2.45) is 0 Å². The highest BCUT2D eigenvalue weighted by atomic mass is 19.4. The lowest BCUT2D eigenvalue weighted by molar-refractivity contribution is -0.140. The number of likely N-dealkylation sites (tertiary alicyclic amines) is 1. The van der Waals surface area contributed by atoms with E-state index >= 15 is 0 Å². The van der Waals surface area contributed by atoms with Crippen molar-refractivity contribution < 1.29 is 42.1 Å². The van der Waals surface area contributed by atoms with Crippen LogP contribution in [-0.2, 0) is 22.3 Å². The van der Waals surface area contributed by atoms with E-state index in [2.05, 4.69) is 0 Å². The maximum atomic E-state index is 13.3. The number of Topliss-reactive ketones (excluding diaryl/α,β-unsaturated/α-hetero) is 1. The molecule has 3 aromatic rings. The van der Waals surface area contributed by atoms with Crippen LogP contribution in [0, 0.1) is 0 Å². The lowest BCUT2D eigenvalue weighted by atomic mass is 9.94. The first-order valence-electron chi connectivity index (χ1n) is 11.2. The number of carbonyl (C=O) groups is 2. The minimum Gasteiger partial charge on any atom is -0.507 e. The van der Waals surface area contributed by atoms with Crippen molar-refractivity contribution in [2.75, 3.05) is 13.9 Å². The van der Waals surface area contributed by atoms with Crippen LogP contribution in [0.1, 0.15) is 28.3 Å². The molecule has 0 bridgehead atoms. The summed E-state index contributed by atoms with van der Waals surface area (Å²) in [6.07, 6.45) is -4.57. The first-order valence-corrected chi connectivity index (χ1v) is 11.2. The lowest BCUT2D eigenvalue weighted by Crippen LogP contribution is -2.29. The van der Waals surface area contributed by atoms with Gasteiger partial charge >= 0.3 is 6.18 Å². The van der Waals surface area contributed by atoms with Gasteiger partial charge in [-0.25, -0.2) is 0 Å². The molecule has 5 rings (SSSR count). The number of ketones is 1. The second-order valence-electron chi connectivity index (χ2n) is 8.47. The molecular formula is C27H20F3NO6. The van der Waals surface area contributed by atoms with Crippen LogP contribution in [0.25, 0.3) is 5.76 Å². The molecule has 2 aliphatic rings. The minimum absolute atomic E-state index is 0.00470. The summed E-state index contributed by atoms with van der Waals surface area (Å²) in [6.45, 7) is -0.293. The molecule has 7 nitrogen and oxygen atoms in total. The molecule has 1 unspecified atom stereocenters. The molecular weight excluding hydrogens is 491 g/mol. The van der Waals surface area contributed by atoms with E-state index in [-0.39, 0.29) is 30.0 Å². The molecule has 1 amide bonds. The second-order valence-corrected chi connectivity index (χ2v) is 8.47. The summed E-state index contributed by atoms with van der Waals surface area (Å²) < 4.78 is 55.8. The smallest absolute Gasteiger partial charge is 0.416 e. The summed E-state index contributed by atoms with van der Waals surface area (Å²) in [5.41, 5.74) is -0.251. The SMILES string of the molecule is COc1cccc(C2/C(=C(/O)c3ccc4c(c3)OCO4)C(=O)C(=O)N2Cc2cccc(C(F)(F)F)c2)c1. The first-order chi connectivity index (χ1) is 17.7. The van der Waals surface area contributed by atoms with Crippen LogP contribution in [0.15, 0.2) is 72.3 Å². The average Bonchev–Trinajstić information content (AvgIpc) is 3.46. The molecule has 1 N–H and O–H groups in total. The van der Waals surface area contributed by atoms with E-state index in [1.165, 1.54) is 31.4 Å². The van der Waals surface area contributed by atoms with Gasteiger partial charge in [0.1, 0.15) is 11.5 Å². The molecule has 3 aromatic carbocycles. The van der Waals surface area contributed by atoms with Crippen molar-refractivity contribution >= 4 is 17.4 Å². The van der Waals surface area contributed by atoms with Crippen LogP contribution in [0.5, 0.6) is 17.2 Å². The third kappa shape index (κ3) is 4.46. The molecule has 2 heterocycles. The molecule has 1 atom stereocenters. The van der Waals surface area contributed by atoms with E-state index < -0.39 is 35.2 Å². The zero-order valence-corrected chi connectivity index (χ0v) is 19.4. The molecule has 1 saturated heterocycles. The van der Waals surface area contributed by atoms with Crippen LogP contribution in [0.2, 0.25) is 0 Å². The Labute approximate surface area is 209 Å². The monoisotopic (exact) mass is 511 g/mol. The van der Waals surface area contributed by atoms with Crippen LogP contribution in [-0.4, -0.2) is 35.6 Å². The fourth-order valence-electron chi connectivity index (χ4n) is 4.44. The average molecular weight is 511 g/mol. The van der Waals surface area contributed by atoms with Gasteiger partial charge in [0.2, 0.25) is 6.79 Å². The number of halogens is 3. The number of carbonyl (C=O) groups excluding carboxylic acids is 2. The molecule has 2 aliphatic heterocycles. The molecule has 0 aliphatic carbocycles. The maximum absolute atomic E-state index is 13.3. The molecule has 1 fully saturated rings. The van der Waals surface area contributed by atoms with Crippen LogP contribution in [0.4, 0.5) is 13.2 Å². The summed E-state index contributed by atoms with van der Waals surface area (Å²) in [5, 5.41) is 11.2. The summed E-state index contributed by atoms with van der Waals surface area (Å²) in [6, 6.07) is 14.6. The first kappa shape index (κ1) is 24.2. The summed E-state index contributed by atoms with van der Waals surface area (Å²) >= 11 is 0. The number of hydrogen-bond acceptors (Lipinski definition) is 6. The number of rotatable bonds is 5. The fourth-order valence-corrected chi connectivity index (χ4v) is 4.44. The minimum atomic E-state index is -4.57. The Kier molecular flexibility index (Phi) is 6.02. The number of benzene rings is 3. The van der Waals surface area contributed by atoms with Gasteiger partial charge in [-0.15, -0.1) is 0 Å². The van der Waals surface area contributed by atoms with Crippen molar-refractivity contribution in [2.45, 2.75) is 18.8 Å². The largest absolute Gasteiger partial charge is 0.507 e. The zero-order valence-electron chi connectivity index (χ0n) is 19.4. The van der Waals surface area contributed by atoms with Crippen molar-refractivity contribution in [1.29, 1.82) is 0 Å². The third-order valence-corrected chi connectivity index (χ3v) is 6.20. The van der Waals surface area contributed by atoms with Gasteiger partial charge in [-0.05, 0) is 53.6 Å².